The van der Waals surface area contributed by atoms with Crippen LogP contribution in [-0.2, 0) is 4.79 Å². The minimum Gasteiger partial charge on any atom is -0.480 e. The van der Waals surface area contributed by atoms with E-state index in [0.717, 1.165) is 17.3 Å². The van der Waals surface area contributed by atoms with E-state index in [0.29, 0.717) is 4.90 Å². The lowest BCUT2D eigenvalue weighted by Gasteiger charge is -2.06. The number of nitro benzene ring substituents is 1. The number of aryl methyl sites for hydroxylation is 1. The Hall–Kier alpha value is -1.56. The largest absolute Gasteiger partial charge is 0.480 e. The standard InChI is InChI=1S/C10H11NO4S/c1-6-3-4-9(8(5-6)11(14)15)16-7(2)10(12)13/h3-5,7H,1-2H3,(H,12,13). The van der Waals surface area contributed by atoms with Crippen molar-refractivity contribution in [1.29, 1.82) is 0 Å². The monoisotopic (exact) mass is 241 g/mol. The van der Waals surface area contributed by atoms with E-state index in [-0.39, 0.29) is 5.69 Å². The number of nitro groups is 1. The number of carbonyl (C=O) groups is 1. The molecule has 0 fully saturated rings. The van der Waals surface area contributed by atoms with Crippen LogP contribution in [0, 0.1) is 17.0 Å². The summed E-state index contributed by atoms with van der Waals surface area (Å²) >= 11 is 0.974. The first kappa shape index (κ1) is 12.5. The molecular formula is C10H11NO4S. The van der Waals surface area contributed by atoms with Crippen LogP contribution in [0.5, 0.6) is 0 Å². The maximum atomic E-state index is 10.8. The predicted octanol–water partition coefficient (Wildman–Crippen LogP) is 2.47. The summed E-state index contributed by atoms with van der Waals surface area (Å²) < 4.78 is 0. The summed E-state index contributed by atoms with van der Waals surface area (Å²) in [5.74, 6) is -0.986. The first-order valence-electron chi connectivity index (χ1n) is 4.56. The third kappa shape index (κ3) is 2.96. The molecule has 0 bridgehead atoms. The number of rotatable bonds is 4. The molecule has 1 unspecified atom stereocenters. The first-order valence-corrected chi connectivity index (χ1v) is 5.44. The van der Waals surface area contributed by atoms with Crippen molar-refractivity contribution in [2.75, 3.05) is 0 Å². The molecule has 1 N–H and O–H groups in total. The van der Waals surface area contributed by atoms with Crippen LogP contribution >= 0.6 is 11.8 Å². The van der Waals surface area contributed by atoms with Crippen LogP contribution in [0.1, 0.15) is 12.5 Å². The lowest BCUT2D eigenvalue weighted by atomic mass is 10.2. The maximum Gasteiger partial charge on any atom is 0.316 e. The molecule has 0 aliphatic carbocycles. The van der Waals surface area contributed by atoms with Crippen LogP contribution in [0.25, 0.3) is 0 Å². The molecule has 1 aromatic carbocycles. The number of carboxylic acids is 1. The second kappa shape index (κ2) is 4.98. The van der Waals surface area contributed by atoms with Crippen LogP contribution in [0.3, 0.4) is 0 Å². The van der Waals surface area contributed by atoms with Gasteiger partial charge in [-0.15, -0.1) is 11.8 Å². The van der Waals surface area contributed by atoms with E-state index in [1.54, 1.807) is 19.1 Å². The summed E-state index contributed by atoms with van der Waals surface area (Å²) in [5.41, 5.74) is 0.733. The number of benzene rings is 1. The molecule has 0 heterocycles. The quantitative estimate of drug-likeness (QED) is 0.497. The van der Waals surface area contributed by atoms with E-state index in [1.807, 2.05) is 0 Å². The Balaban J connectivity index is 3.04. The van der Waals surface area contributed by atoms with Crippen molar-refractivity contribution in [2.24, 2.45) is 0 Å². The van der Waals surface area contributed by atoms with Gasteiger partial charge in [0.05, 0.1) is 9.82 Å². The van der Waals surface area contributed by atoms with Crippen molar-refractivity contribution in [2.45, 2.75) is 24.0 Å². The van der Waals surface area contributed by atoms with Gasteiger partial charge in [0.25, 0.3) is 5.69 Å². The summed E-state index contributed by atoms with van der Waals surface area (Å²) in [6, 6.07) is 4.75. The van der Waals surface area contributed by atoms with Crippen molar-refractivity contribution >= 4 is 23.4 Å². The van der Waals surface area contributed by atoms with E-state index in [9.17, 15) is 14.9 Å². The third-order valence-corrected chi connectivity index (χ3v) is 3.12. The lowest BCUT2D eigenvalue weighted by molar-refractivity contribution is -0.387. The summed E-state index contributed by atoms with van der Waals surface area (Å²) in [5, 5.41) is 18.8. The van der Waals surface area contributed by atoms with Crippen LogP contribution in [0.4, 0.5) is 5.69 Å². The fourth-order valence-electron chi connectivity index (χ4n) is 1.11. The van der Waals surface area contributed by atoms with E-state index in [4.69, 9.17) is 5.11 Å². The van der Waals surface area contributed by atoms with Gasteiger partial charge in [0.1, 0.15) is 5.25 Å². The molecular weight excluding hydrogens is 230 g/mol. The van der Waals surface area contributed by atoms with Gasteiger partial charge in [0.2, 0.25) is 0 Å². The minimum absolute atomic E-state index is 0.0434. The molecule has 0 saturated carbocycles. The summed E-state index contributed by atoms with van der Waals surface area (Å²) in [4.78, 5) is 21.3. The fourth-order valence-corrected chi connectivity index (χ4v) is 1.99. The predicted molar refractivity (Wildman–Crippen MR) is 60.8 cm³/mol. The molecule has 1 atom stereocenters. The second-order valence-corrected chi connectivity index (χ2v) is 4.71. The van der Waals surface area contributed by atoms with Gasteiger partial charge in [-0.25, -0.2) is 0 Å². The van der Waals surface area contributed by atoms with Crippen LogP contribution in [-0.4, -0.2) is 21.2 Å². The van der Waals surface area contributed by atoms with Gasteiger partial charge in [-0.2, -0.15) is 0 Å². The average molecular weight is 241 g/mol. The minimum atomic E-state index is -0.986. The molecule has 0 saturated heterocycles. The molecule has 0 aromatic heterocycles. The van der Waals surface area contributed by atoms with Gasteiger partial charge in [-0.1, -0.05) is 6.07 Å². The van der Waals surface area contributed by atoms with Crippen molar-refractivity contribution in [3.63, 3.8) is 0 Å². The molecule has 16 heavy (non-hydrogen) atoms. The number of hydrogen-bond donors (Lipinski definition) is 1. The molecule has 0 aliphatic heterocycles. The SMILES string of the molecule is Cc1ccc(SC(C)C(=O)O)c([N+](=O)[O-])c1. The van der Waals surface area contributed by atoms with Gasteiger partial charge in [0, 0.05) is 6.07 Å². The number of hydrogen-bond acceptors (Lipinski definition) is 4. The first-order chi connectivity index (χ1) is 7.41. The van der Waals surface area contributed by atoms with Crippen LogP contribution < -0.4 is 0 Å². The maximum absolute atomic E-state index is 10.8. The molecule has 0 radical (unpaired) electrons. The van der Waals surface area contributed by atoms with Crippen LogP contribution in [0.15, 0.2) is 23.1 Å². The van der Waals surface area contributed by atoms with E-state index < -0.39 is 16.1 Å². The van der Waals surface area contributed by atoms with Crippen molar-refractivity contribution in [1.82, 2.24) is 0 Å². The molecule has 1 rings (SSSR count). The highest BCUT2D eigenvalue weighted by atomic mass is 32.2. The van der Waals surface area contributed by atoms with Gasteiger partial charge in [0.15, 0.2) is 0 Å². The van der Waals surface area contributed by atoms with Crippen molar-refractivity contribution in [3.05, 3.63) is 33.9 Å². The van der Waals surface area contributed by atoms with E-state index in [1.165, 1.54) is 13.0 Å². The Labute approximate surface area is 96.6 Å². The smallest absolute Gasteiger partial charge is 0.316 e. The Morgan fingerprint density at radius 3 is 2.69 bits per heavy atom. The molecule has 86 valence electrons. The topological polar surface area (TPSA) is 80.4 Å². The Kier molecular flexibility index (Phi) is 3.89. The number of nitrogens with zero attached hydrogens (tertiary/aromatic N) is 1. The van der Waals surface area contributed by atoms with Gasteiger partial charge < -0.3 is 5.11 Å². The lowest BCUT2D eigenvalue weighted by Crippen LogP contribution is -2.11. The highest BCUT2D eigenvalue weighted by Crippen LogP contribution is 2.32. The molecule has 1 aromatic rings. The summed E-state index contributed by atoms with van der Waals surface area (Å²) in [6.45, 7) is 3.25. The Morgan fingerprint density at radius 1 is 1.56 bits per heavy atom. The zero-order valence-corrected chi connectivity index (χ0v) is 9.65. The normalized spacial score (nSPS) is 12.1. The highest BCUT2D eigenvalue weighted by Gasteiger charge is 2.20. The summed E-state index contributed by atoms with van der Waals surface area (Å²) in [6.07, 6.45) is 0. The molecule has 5 nitrogen and oxygen atoms in total. The molecule has 0 amide bonds. The van der Waals surface area contributed by atoms with Gasteiger partial charge in [-0.3, -0.25) is 14.9 Å². The zero-order valence-electron chi connectivity index (χ0n) is 8.84. The third-order valence-electron chi connectivity index (χ3n) is 1.96. The molecule has 0 spiro atoms. The number of carboxylic acid groups (broad SMARTS) is 1. The van der Waals surface area contributed by atoms with E-state index in [2.05, 4.69) is 0 Å². The molecule has 6 heteroatoms. The highest BCUT2D eigenvalue weighted by molar-refractivity contribution is 8.00. The Morgan fingerprint density at radius 2 is 2.19 bits per heavy atom. The second-order valence-electron chi connectivity index (χ2n) is 3.33. The van der Waals surface area contributed by atoms with E-state index >= 15 is 0 Å². The number of aliphatic carboxylic acids is 1. The zero-order chi connectivity index (χ0) is 12.3. The molecule has 0 aliphatic rings. The van der Waals surface area contributed by atoms with Crippen molar-refractivity contribution in [3.8, 4) is 0 Å². The van der Waals surface area contributed by atoms with Gasteiger partial charge >= 0.3 is 5.97 Å². The average Bonchev–Trinajstić information content (AvgIpc) is 2.20. The van der Waals surface area contributed by atoms with Crippen molar-refractivity contribution < 1.29 is 14.8 Å². The number of thioether (sulfide) groups is 1. The summed E-state index contributed by atoms with van der Waals surface area (Å²) in [7, 11) is 0. The van der Waals surface area contributed by atoms with Crippen LogP contribution in [0.2, 0.25) is 0 Å². The van der Waals surface area contributed by atoms with Gasteiger partial charge in [-0.05, 0) is 25.5 Å². The fraction of sp³-hybridized carbons (Fsp3) is 0.300. The Bertz CT molecular complexity index is 433.